The van der Waals surface area contributed by atoms with Crippen molar-refractivity contribution < 1.29 is 40.2 Å². The fourth-order valence-corrected chi connectivity index (χ4v) is 2.74. The predicted molar refractivity (Wildman–Crippen MR) is 103 cm³/mol. The van der Waals surface area contributed by atoms with Crippen molar-refractivity contribution in [2.45, 2.75) is 24.8 Å². The summed E-state index contributed by atoms with van der Waals surface area (Å²) in [5, 5.41) is 3.34. The van der Waals surface area contributed by atoms with Crippen LogP contribution >= 0.6 is 27.5 Å². The first-order valence-corrected chi connectivity index (χ1v) is 9.33. The maximum atomic E-state index is 13.4. The van der Waals surface area contributed by atoms with Crippen molar-refractivity contribution >= 4 is 33.7 Å². The highest BCUT2D eigenvalue weighted by Crippen LogP contribution is 2.45. The summed E-state index contributed by atoms with van der Waals surface area (Å²) in [5.74, 6) is -6.24. The van der Waals surface area contributed by atoms with E-state index in [1.54, 1.807) is 24.3 Å². The third-order valence-electron chi connectivity index (χ3n) is 3.72. The molecule has 0 radical (unpaired) electrons. The predicted octanol–water partition coefficient (Wildman–Crippen LogP) is 6.40. The zero-order valence-electron chi connectivity index (χ0n) is 15.4. The molecule has 0 spiro atoms. The molecule has 0 heterocycles. The summed E-state index contributed by atoms with van der Waals surface area (Å²) < 4.78 is 100. The molecule has 0 saturated carbocycles. The average molecular weight is 538 g/mol. The number of benzene rings is 2. The Labute approximate surface area is 185 Å². The number of hydrogen-bond acceptors (Lipinski definition) is 4. The number of hydrogen-bond donors (Lipinski definition) is 1. The van der Waals surface area contributed by atoms with Crippen molar-refractivity contribution in [3.05, 3.63) is 57.0 Å². The molecule has 0 aliphatic rings. The number of nitrogens with zero attached hydrogens (tertiary/aromatic N) is 1. The van der Waals surface area contributed by atoms with Crippen LogP contribution in [0.5, 0.6) is 11.5 Å². The minimum atomic E-state index is -6.48. The first-order chi connectivity index (χ1) is 14.3. The molecule has 13 heteroatoms. The van der Waals surface area contributed by atoms with Gasteiger partial charge >= 0.3 is 18.1 Å². The number of rotatable bonds is 8. The van der Waals surface area contributed by atoms with Crippen LogP contribution in [0.1, 0.15) is 11.1 Å². The van der Waals surface area contributed by atoms with E-state index in [9.17, 15) is 30.7 Å². The van der Waals surface area contributed by atoms with Crippen LogP contribution in [0.25, 0.3) is 0 Å². The molecule has 2 rings (SSSR count). The second-order valence-corrected chi connectivity index (χ2v) is 7.31. The summed E-state index contributed by atoms with van der Waals surface area (Å²) in [6.07, 6.45) is -5.88. The van der Waals surface area contributed by atoms with Crippen LogP contribution in [0.15, 0.2) is 46.0 Å². The molecule has 4 nitrogen and oxygen atoms in total. The molecule has 2 aromatic rings. The van der Waals surface area contributed by atoms with Gasteiger partial charge in [0.05, 0.1) is 13.3 Å². The van der Waals surface area contributed by atoms with E-state index < -0.39 is 18.1 Å². The van der Waals surface area contributed by atoms with Gasteiger partial charge in [-0.3, -0.25) is 0 Å². The average Bonchev–Trinajstić information content (AvgIpc) is 2.66. The Morgan fingerprint density at radius 1 is 1.06 bits per heavy atom. The van der Waals surface area contributed by atoms with Gasteiger partial charge in [-0.05, 0) is 29.8 Å². The standard InChI is InChI=1S/C18H13BrClF7N2O2/c1-30-14-7-12(19)6-11(15(14)31-9-10-2-4-13(20)5-3-10)8-28-29-18(26,27)16(21,22)17(23,24)25/h2-8,29H,9H2,1H3/b28-8-. The Balaban J connectivity index is 2.28. The number of hydrazone groups is 1. The number of halogens is 9. The molecule has 0 aliphatic heterocycles. The van der Waals surface area contributed by atoms with E-state index in [1.165, 1.54) is 19.2 Å². The van der Waals surface area contributed by atoms with E-state index in [4.69, 9.17) is 21.1 Å². The van der Waals surface area contributed by atoms with Crippen LogP contribution < -0.4 is 14.9 Å². The van der Waals surface area contributed by atoms with Crippen LogP contribution in [-0.4, -0.2) is 31.5 Å². The minimum absolute atomic E-state index is 0.0166. The second kappa shape index (κ2) is 9.51. The van der Waals surface area contributed by atoms with Gasteiger partial charge in [-0.25, -0.2) is 5.43 Å². The zero-order chi connectivity index (χ0) is 23.4. The highest BCUT2D eigenvalue weighted by atomic mass is 79.9. The molecule has 0 amide bonds. The smallest absolute Gasteiger partial charge is 0.462 e. The Morgan fingerprint density at radius 2 is 1.68 bits per heavy atom. The summed E-state index contributed by atoms with van der Waals surface area (Å²) >= 11 is 8.93. The van der Waals surface area contributed by atoms with Crippen LogP contribution in [-0.2, 0) is 6.61 Å². The minimum Gasteiger partial charge on any atom is -0.493 e. The van der Waals surface area contributed by atoms with Gasteiger partial charge in [-0.15, -0.1) is 0 Å². The van der Waals surface area contributed by atoms with Gasteiger partial charge in [0.2, 0.25) is 0 Å². The lowest BCUT2D eigenvalue weighted by Crippen LogP contribution is -2.58. The van der Waals surface area contributed by atoms with Crippen LogP contribution in [0, 0.1) is 0 Å². The van der Waals surface area contributed by atoms with Gasteiger partial charge < -0.3 is 9.47 Å². The maximum Gasteiger partial charge on any atom is 0.462 e. The number of nitrogens with one attached hydrogen (secondary N) is 1. The fourth-order valence-electron chi connectivity index (χ4n) is 2.16. The lowest BCUT2D eigenvalue weighted by Gasteiger charge is -2.27. The van der Waals surface area contributed by atoms with E-state index in [0.717, 1.165) is 0 Å². The normalized spacial score (nSPS) is 12.8. The van der Waals surface area contributed by atoms with Crippen molar-refractivity contribution in [1.82, 2.24) is 5.43 Å². The van der Waals surface area contributed by atoms with Gasteiger partial charge in [0.15, 0.2) is 11.5 Å². The first kappa shape index (κ1) is 25.1. The van der Waals surface area contributed by atoms with Crippen molar-refractivity contribution in [1.29, 1.82) is 0 Å². The molecule has 0 aromatic heterocycles. The molecule has 0 fully saturated rings. The van der Waals surface area contributed by atoms with E-state index in [-0.39, 0.29) is 23.7 Å². The van der Waals surface area contributed by atoms with Gasteiger partial charge in [0.1, 0.15) is 6.61 Å². The molecule has 0 atom stereocenters. The van der Waals surface area contributed by atoms with Gasteiger partial charge in [0, 0.05) is 15.1 Å². The van der Waals surface area contributed by atoms with Gasteiger partial charge in [-0.1, -0.05) is 39.7 Å². The maximum absolute atomic E-state index is 13.4. The lowest BCUT2D eigenvalue weighted by atomic mass is 10.2. The molecule has 31 heavy (non-hydrogen) atoms. The Morgan fingerprint density at radius 3 is 2.23 bits per heavy atom. The Hall–Kier alpha value is -2.21. The van der Waals surface area contributed by atoms with Crippen LogP contribution in [0.3, 0.4) is 0 Å². The van der Waals surface area contributed by atoms with E-state index in [0.29, 0.717) is 26.7 Å². The quantitative estimate of drug-likeness (QED) is 0.183. The molecular formula is C18H13BrClF7N2O2. The van der Waals surface area contributed by atoms with Crippen molar-refractivity contribution in [3.63, 3.8) is 0 Å². The van der Waals surface area contributed by atoms with Crippen molar-refractivity contribution in [2.75, 3.05) is 7.11 Å². The summed E-state index contributed by atoms with van der Waals surface area (Å²) in [4.78, 5) is 0. The van der Waals surface area contributed by atoms with Crippen LogP contribution in [0.4, 0.5) is 30.7 Å². The summed E-state index contributed by atoms with van der Waals surface area (Å²) in [6.45, 7) is -0.0221. The molecule has 1 N–H and O–H groups in total. The number of methoxy groups -OCH3 is 1. The molecular weight excluding hydrogens is 525 g/mol. The SMILES string of the molecule is COc1cc(Br)cc(/C=N\NC(F)(F)C(F)(F)C(F)(F)F)c1OCc1ccc(Cl)cc1. The lowest BCUT2D eigenvalue weighted by molar-refractivity contribution is -0.361. The van der Waals surface area contributed by atoms with Crippen molar-refractivity contribution in [2.24, 2.45) is 5.10 Å². The fraction of sp³-hybridized carbons (Fsp3) is 0.278. The van der Waals surface area contributed by atoms with Gasteiger partial charge in [0.25, 0.3) is 0 Å². The van der Waals surface area contributed by atoms with E-state index in [1.807, 2.05) is 0 Å². The third kappa shape index (κ3) is 5.94. The Bertz CT molecular complexity index is 938. The number of alkyl halides is 7. The summed E-state index contributed by atoms with van der Waals surface area (Å²) in [5.41, 5.74) is 1.19. The van der Waals surface area contributed by atoms with Crippen molar-refractivity contribution in [3.8, 4) is 11.5 Å². The molecule has 2 aromatic carbocycles. The molecule has 0 aliphatic carbocycles. The topological polar surface area (TPSA) is 42.8 Å². The molecule has 0 unspecified atom stereocenters. The molecule has 0 saturated heterocycles. The third-order valence-corrected chi connectivity index (χ3v) is 4.43. The van der Waals surface area contributed by atoms with E-state index >= 15 is 0 Å². The Kier molecular flexibility index (Phi) is 7.69. The first-order valence-electron chi connectivity index (χ1n) is 8.16. The van der Waals surface area contributed by atoms with E-state index in [2.05, 4.69) is 21.0 Å². The highest BCUT2D eigenvalue weighted by Gasteiger charge is 2.73. The van der Waals surface area contributed by atoms with Gasteiger partial charge in [-0.2, -0.15) is 35.8 Å². The van der Waals surface area contributed by atoms with Crippen LogP contribution in [0.2, 0.25) is 5.02 Å². The number of ether oxygens (including phenoxy) is 2. The highest BCUT2D eigenvalue weighted by molar-refractivity contribution is 9.10. The monoisotopic (exact) mass is 536 g/mol. The largest absolute Gasteiger partial charge is 0.493 e. The molecule has 170 valence electrons. The molecule has 0 bridgehead atoms. The second-order valence-electron chi connectivity index (χ2n) is 5.96. The summed E-state index contributed by atoms with van der Waals surface area (Å²) in [6, 6.07) is 3.61. The summed E-state index contributed by atoms with van der Waals surface area (Å²) in [7, 11) is 1.29. The zero-order valence-corrected chi connectivity index (χ0v) is 17.8.